The molecule has 0 N–H and O–H groups in total. The summed E-state index contributed by atoms with van der Waals surface area (Å²) in [5, 5.41) is 0. The van der Waals surface area contributed by atoms with Gasteiger partial charge in [0.25, 0.3) is 0 Å². The van der Waals surface area contributed by atoms with Crippen LogP contribution in [0, 0.1) is 0 Å². The number of esters is 1. The SMILES string of the molecule is CC(=O)OC(C)=C1CCOCC1. The molecule has 1 saturated heterocycles. The van der Waals surface area contributed by atoms with Crippen molar-refractivity contribution in [2.45, 2.75) is 26.7 Å². The van der Waals surface area contributed by atoms with Crippen molar-refractivity contribution in [3.63, 3.8) is 0 Å². The van der Waals surface area contributed by atoms with Gasteiger partial charge in [-0.05, 0) is 25.3 Å². The quantitative estimate of drug-likeness (QED) is 0.443. The summed E-state index contributed by atoms with van der Waals surface area (Å²) in [6, 6.07) is 0. The van der Waals surface area contributed by atoms with E-state index in [-0.39, 0.29) is 5.97 Å². The van der Waals surface area contributed by atoms with Gasteiger partial charge in [0.1, 0.15) is 5.76 Å². The highest BCUT2D eigenvalue weighted by molar-refractivity contribution is 5.67. The Morgan fingerprint density at radius 3 is 2.42 bits per heavy atom. The van der Waals surface area contributed by atoms with Crippen LogP contribution >= 0.6 is 0 Å². The molecule has 3 heteroatoms. The van der Waals surface area contributed by atoms with Gasteiger partial charge in [-0.1, -0.05) is 0 Å². The fraction of sp³-hybridized carbons (Fsp3) is 0.667. The Kier molecular flexibility index (Phi) is 3.29. The molecular weight excluding hydrogens is 156 g/mol. The zero-order valence-electron chi connectivity index (χ0n) is 7.55. The summed E-state index contributed by atoms with van der Waals surface area (Å²) in [5.74, 6) is 0.511. The summed E-state index contributed by atoms with van der Waals surface area (Å²) >= 11 is 0. The molecule has 0 aromatic heterocycles. The van der Waals surface area contributed by atoms with E-state index in [1.54, 1.807) is 0 Å². The maximum atomic E-state index is 10.6. The molecule has 0 saturated carbocycles. The molecule has 0 radical (unpaired) electrons. The smallest absolute Gasteiger partial charge is 0.307 e. The zero-order valence-corrected chi connectivity index (χ0v) is 7.55. The number of rotatable bonds is 1. The standard InChI is InChI=1S/C9H14O3/c1-7(12-8(2)10)9-3-5-11-6-4-9/h3-6H2,1-2H3. The van der Waals surface area contributed by atoms with Crippen LogP contribution in [0.15, 0.2) is 11.3 Å². The third kappa shape index (κ3) is 2.66. The summed E-state index contributed by atoms with van der Waals surface area (Å²) in [6.45, 7) is 4.74. The summed E-state index contributed by atoms with van der Waals surface area (Å²) in [7, 11) is 0. The maximum Gasteiger partial charge on any atom is 0.307 e. The van der Waals surface area contributed by atoms with Crippen LogP contribution in [0.4, 0.5) is 0 Å². The Hall–Kier alpha value is -0.830. The van der Waals surface area contributed by atoms with Gasteiger partial charge in [-0.15, -0.1) is 0 Å². The molecule has 0 amide bonds. The van der Waals surface area contributed by atoms with Gasteiger partial charge in [0.2, 0.25) is 0 Å². The number of hydrogen-bond acceptors (Lipinski definition) is 3. The fourth-order valence-corrected chi connectivity index (χ4v) is 1.26. The second-order valence-corrected chi connectivity index (χ2v) is 2.87. The lowest BCUT2D eigenvalue weighted by molar-refractivity contribution is -0.136. The minimum Gasteiger partial charge on any atom is -0.432 e. The second kappa shape index (κ2) is 4.26. The first-order valence-electron chi connectivity index (χ1n) is 4.15. The molecule has 0 spiro atoms. The number of ether oxygens (including phenoxy) is 2. The maximum absolute atomic E-state index is 10.6. The molecule has 1 aliphatic rings. The van der Waals surface area contributed by atoms with Crippen LogP contribution < -0.4 is 0 Å². The van der Waals surface area contributed by atoms with Crippen molar-refractivity contribution < 1.29 is 14.3 Å². The lowest BCUT2D eigenvalue weighted by Gasteiger charge is -2.16. The van der Waals surface area contributed by atoms with Gasteiger partial charge in [0.15, 0.2) is 0 Å². The van der Waals surface area contributed by atoms with Gasteiger partial charge in [0, 0.05) is 6.92 Å². The highest BCUT2D eigenvalue weighted by Crippen LogP contribution is 2.18. The molecule has 0 aliphatic carbocycles. The highest BCUT2D eigenvalue weighted by atomic mass is 16.5. The van der Waals surface area contributed by atoms with Crippen LogP contribution in [0.1, 0.15) is 26.7 Å². The number of carbonyl (C=O) groups is 1. The Morgan fingerprint density at radius 2 is 1.92 bits per heavy atom. The molecule has 3 nitrogen and oxygen atoms in total. The second-order valence-electron chi connectivity index (χ2n) is 2.87. The average molecular weight is 170 g/mol. The Morgan fingerprint density at radius 1 is 1.33 bits per heavy atom. The third-order valence-electron chi connectivity index (χ3n) is 1.89. The number of allylic oxidation sites excluding steroid dienone is 1. The summed E-state index contributed by atoms with van der Waals surface area (Å²) in [4.78, 5) is 10.6. The Bertz CT molecular complexity index is 198. The van der Waals surface area contributed by atoms with E-state index < -0.39 is 0 Å². The predicted molar refractivity (Wildman–Crippen MR) is 44.5 cm³/mol. The fourth-order valence-electron chi connectivity index (χ4n) is 1.26. The topological polar surface area (TPSA) is 35.5 Å². The summed E-state index contributed by atoms with van der Waals surface area (Å²) in [5.41, 5.74) is 1.21. The van der Waals surface area contributed by atoms with Crippen molar-refractivity contribution in [1.82, 2.24) is 0 Å². The minimum atomic E-state index is -0.244. The normalized spacial score (nSPS) is 17.3. The van der Waals surface area contributed by atoms with Gasteiger partial charge < -0.3 is 9.47 Å². The largest absolute Gasteiger partial charge is 0.432 e. The zero-order chi connectivity index (χ0) is 8.97. The monoisotopic (exact) mass is 170 g/mol. The van der Waals surface area contributed by atoms with Crippen LogP contribution in [-0.2, 0) is 14.3 Å². The van der Waals surface area contributed by atoms with Crippen molar-refractivity contribution in [2.24, 2.45) is 0 Å². The molecule has 1 heterocycles. The molecule has 0 unspecified atom stereocenters. The average Bonchev–Trinajstić information content (AvgIpc) is 2.05. The first kappa shape index (κ1) is 9.26. The van der Waals surface area contributed by atoms with Crippen LogP contribution in [0.5, 0.6) is 0 Å². The predicted octanol–water partition coefficient (Wildman–Crippen LogP) is 1.63. The van der Waals surface area contributed by atoms with Crippen molar-refractivity contribution in [3.8, 4) is 0 Å². The van der Waals surface area contributed by atoms with Gasteiger partial charge >= 0.3 is 5.97 Å². The molecule has 12 heavy (non-hydrogen) atoms. The molecule has 68 valence electrons. The van der Waals surface area contributed by atoms with E-state index in [1.807, 2.05) is 6.92 Å². The minimum absolute atomic E-state index is 0.244. The lowest BCUT2D eigenvalue weighted by Crippen LogP contribution is -2.10. The van der Waals surface area contributed by atoms with E-state index in [9.17, 15) is 4.79 Å². The first-order chi connectivity index (χ1) is 5.70. The Balaban J connectivity index is 2.54. The number of carbonyl (C=O) groups excluding carboxylic acids is 1. The molecule has 0 atom stereocenters. The van der Waals surface area contributed by atoms with E-state index in [2.05, 4.69) is 0 Å². The van der Waals surface area contributed by atoms with Crippen molar-refractivity contribution in [3.05, 3.63) is 11.3 Å². The van der Waals surface area contributed by atoms with Gasteiger partial charge in [-0.2, -0.15) is 0 Å². The first-order valence-corrected chi connectivity index (χ1v) is 4.15. The van der Waals surface area contributed by atoms with Crippen LogP contribution in [0.2, 0.25) is 0 Å². The van der Waals surface area contributed by atoms with Crippen molar-refractivity contribution in [2.75, 3.05) is 13.2 Å². The van der Waals surface area contributed by atoms with Crippen LogP contribution in [0.3, 0.4) is 0 Å². The Labute approximate surface area is 72.4 Å². The van der Waals surface area contributed by atoms with Crippen LogP contribution in [0.25, 0.3) is 0 Å². The molecule has 0 aromatic carbocycles. The molecule has 0 bridgehead atoms. The van der Waals surface area contributed by atoms with Gasteiger partial charge in [-0.25, -0.2) is 0 Å². The third-order valence-corrected chi connectivity index (χ3v) is 1.89. The van der Waals surface area contributed by atoms with Gasteiger partial charge in [0.05, 0.1) is 13.2 Å². The summed E-state index contributed by atoms with van der Waals surface area (Å²) < 4.78 is 10.2. The van der Waals surface area contributed by atoms with E-state index >= 15 is 0 Å². The molecule has 1 fully saturated rings. The molecule has 1 aliphatic heterocycles. The summed E-state index contributed by atoms with van der Waals surface area (Å²) in [6.07, 6.45) is 1.78. The van der Waals surface area contributed by atoms with E-state index in [0.717, 1.165) is 31.8 Å². The van der Waals surface area contributed by atoms with Crippen molar-refractivity contribution in [1.29, 1.82) is 0 Å². The van der Waals surface area contributed by atoms with E-state index in [0.29, 0.717) is 0 Å². The molecular formula is C9H14O3. The van der Waals surface area contributed by atoms with Gasteiger partial charge in [-0.3, -0.25) is 4.79 Å². The van der Waals surface area contributed by atoms with E-state index in [4.69, 9.17) is 9.47 Å². The number of hydrogen-bond donors (Lipinski definition) is 0. The lowest BCUT2D eigenvalue weighted by atomic mass is 10.1. The highest BCUT2D eigenvalue weighted by Gasteiger charge is 2.10. The van der Waals surface area contributed by atoms with E-state index in [1.165, 1.54) is 12.5 Å². The molecule has 1 rings (SSSR count). The molecule has 0 aromatic rings. The van der Waals surface area contributed by atoms with Crippen molar-refractivity contribution >= 4 is 5.97 Å². The van der Waals surface area contributed by atoms with Crippen LogP contribution in [-0.4, -0.2) is 19.2 Å².